The van der Waals surface area contributed by atoms with Crippen LogP contribution >= 0.6 is 28.4 Å². The second-order valence-corrected chi connectivity index (χ2v) is 11.4. The fraction of sp³-hybridized carbons (Fsp3) is 0.417. The van der Waals surface area contributed by atoms with Gasteiger partial charge in [-0.05, 0) is 71.3 Å². The monoisotopic (exact) mass is 608 g/mol. The molecular weight excluding hydrogens is 578 g/mol. The predicted molar refractivity (Wildman–Crippen MR) is 148 cm³/mol. The standard InChI is InChI=1S/C24H30IN6O3P/c1-24(2,3)12-11-17-21-22(27-16-26-17)31(35-25)19(29-21)15-30-13-8-9-18(23(30)34)28-20(33)10-6-4-5-7-14-32/h5,7-9,13-14,16,35H,4,6,10-12,15H2,1-3H3,(H,28,33)/b7-5+. The summed E-state index contributed by atoms with van der Waals surface area (Å²) in [6.45, 7) is 6.85. The number of amides is 1. The van der Waals surface area contributed by atoms with Gasteiger partial charge in [-0.2, -0.15) is 0 Å². The van der Waals surface area contributed by atoms with Crippen LogP contribution in [0, 0.1) is 5.41 Å². The summed E-state index contributed by atoms with van der Waals surface area (Å²) >= 11 is 2.29. The van der Waals surface area contributed by atoms with Gasteiger partial charge < -0.3 is 9.88 Å². The van der Waals surface area contributed by atoms with Crippen LogP contribution in [0.25, 0.3) is 11.2 Å². The molecule has 1 atom stereocenters. The molecule has 1 amide bonds. The van der Waals surface area contributed by atoms with Gasteiger partial charge in [0.15, 0.2) is 5.65 Å². The summed E-state index contributed by atoms with van der Waals surface area (Å²) in [7, 11) is 0. The van der Waals surface area contributed by atoms with E-state index in [0.29, 0.717) is 25.5 Å². The maximum atomic E-state index is 13.1. The van der Waals surface area contributed by atoms with Crippen molar-refractivity contribution in [1.29, 1.82) is 0 Å². The summed E-state index contributed by atoms with van der Waals surface area (Å²) in [6, 6.07) is 3.33. The van der Waals surface area contributed by atoms with Crippen LogP contribution in [-0.4, -0.2) is 36.0 Å². The van der Waals surface area contributed by atoms with Gasteiger partial charge in [-0.3, -0.25) is 18.7 Å². The fourth-order valence-corrected chi connectivity index (χ4v) is 5.49. The first kappa shape index (κ1) is 27.1. The molecule has 1 N–H and O–H groups in total. The van der Waals surface area contributed by atoms with Crippen LogP contribution in [0.1, 0.15) is 58.0 Å². The lowest BCUT2D eigenvalue weighted by molar-refractivity contribution is -0.116. The molecule has 3 rings (SSSR count). The largest absolute Gasteiger partial charge is 0.321 e. The molecule has 3 aromatic rings. The smallest absolute Gasteiger partial charge is 0.274 e. The minimum Gasteiger partial charge on any atom is -0.321 e. The van der Waals surface area contributed by atoms with Crippen molar-refractivity contribution in [2.24, 2.45) is 5.41 Å². The zero-order valence-electron chi connectivity index (χ0n) is 20.1. The number of halogens is 1. The molecule has 0 saturated heterocycles. The SMILES string of the molecule is CC(C)(C)CCc1ncnc2c1nc(Cn1cccc(NC(=O)CCC/C=C/C=O)c1=O)n2PI. The number of fused-ring (bicyclic) bond motifs is 1. The number of carbonyl (C=O) groups is 2. The molecule has 11 heteroatoms. The highest BCUT2D eigenvalue weighted by Gasteiger charge is 2.19. The molecule has 3 heterocycles. The lowest BCUT2D eigenvalue weighted by Gasteiger charge is -2.17. The topological polar surface area (TPSA) is 112 Å². The average Bonchev–Trinajstić information content (AvgIpc) is 3.17. The first-order valence-corrected chi connectivity index (χ1v) is 15.5. The number of pyridine rings is 1. The number of hydrogen-bond acceptors (Lipinski definition) is 6. The van der Waals surface area contributed by atoms with Crippen molar-refractivity contribution in [2.45, 2.75) is 59.4 Å². The number of unbranched alkanes of at least 4 members (excludes halogenated alkanes) is 1. The van der Waals surface area contributed by atoms with Crippen molar-refractivity contribution in [3.8, 4) is 0 Å². The van der Waals surface area contributed by atoms with Crippen LogP contribution < -0.4 is 10.9 Å². The van der Waals surface area contributed by atoms with Crippen LogP contribution in [-0.2, 0) is 22.6 Å². The van der Waals surface area contributed by atoms with Gasteiger partial charge in [0.05, 0.1) is 18.6 Å². The summed E-state index contributed by atoms with van der Waals surface area (Å²) in [5, 5.41) is 2.71. The van der Waals surface area contributed by atoms with Crippen LogP contribution in [0.15, 0.2) is 41.6 Å². The van der Waals surface area contributed by atoms with Crippen molar-refractivity contribution < 1.29 is 9.59 Å². The maximum absolute atomic E-state index is 13.1. The number of nitrogens with one attached hydrogen (secondary N) is 1. The van der Waals surface area contributed by atoms with E-state index in [9.17, 15) is 14.4 Å². The van der Waals surface area contributed by atoms with Gasteiger partial charge in [-0.25, -0.2) is 15.0 Å². The number of rotatable bonds is 11. The molecule has 0 radical (unpaired) electrons. The molecule has 1 unspecified atom stereocenters. The second kappa shape index (κ2) is 12.5. The van der Waals surface area contributed by atoms with Crippen LogP contribution in [0.4, 0.5) is 5.69 Å². The Labute approximate surface area is 219 Å². The summed E-state index contributed by atoms with van der Waals surface area (Å²) in [4.78, 5) is 49.4. The molecule has 0 aliphatic rings. The van der Waals surface area contributed by atoms with Crippen molar-refractivity contribution in [1.82, 2.24) is 23.9 Å². The Morgan fingerprint density at radius 2 is 2.09 bits per heavy atom. The third-order valence-electron chi connectivity index (χ3n) is 5.38. The van der Waals surface area contributed by atoms with Crippen LogP contribution in [0.2, 0.25) is 0 Å². The fourth-order valence-electron chi connectivity index (χ4n) is 3.51. The quantitative estimate of drug-likeness (QED) is 0.111. The van der Waals surface area contributed by atoms with E-state index in [4.69, 9.17) is 4.98 Å². The first-order chi connectivity index (χ1) is 16.7. The normalized spacial score (nSPS) is 12.2. The Hall–Kier alpha value is -2.46. The molecule has 0 spiro atoms. The number of imidazole rings is 1. The van der Waals surface area contributed by atoms with E-state index >= 15 is 0 Å². The maximum Gasteiger partial charge on any atom is 0.274 e. The lowest BCUT2D eigenvalue weighted by atomic mass is 9.90. The van der Waals surface area contributed by atoms with E-state index in [0.717, 1.165) is 35.5 Å². The Morgan fingerprint density at radius 1 is 1.29 bits per heavy atom. The molecule has 0 fully saturated rings. The molecule has 186 valence electrons. The molecule has 3 aromatic heterocycles. The van der Waals surface area contributed by atoms with E-state index in [2.05, 4.69) is 58.1 Å². The number of allylic oxidation sites excluding steroid dienone is 2. The number of hydrogen-bond donors (Lipinski definition) is 1. The lowest BCUT2D eigenvalue weighted by Crippen LogP contribution is -2.26. The second-order valence-electron chi connectivity index (χ2n) is 9.36. The highest BCUT2D eigenvalue weighted by atomic mass is 127. The van der Waals surface area contributed by atoms with Crippen molar-refractivity contribution in [3.05, 3.63) is 58.7 Å². The van der Waals surface area contributed by atoms with Crippen LogP contribution in [0.3, 0.4) is 0 Å². The highest BCUT2D eigenvalue weighted by molar-refractivity contribution is 14.2. The zero-order chi connectivity index (χ0) is 25.4. The average molecular weight is 608 g/mol. The van der Waals surface area contributed by atoms with Gasteiger partial charge in [-0.15, -0.1) is 0 Å². The molecule has 0 aromatic carbocycles. The van der Waals surface area contributed by atoms with Crippen molar-refractivity contribution >= 4 is 57.5 Å². The summed E-state index contributed by atoms with van der Waals surface area (Å²) < 4.78 is 3.56. The van der Waals surface area contributed by atoms with Gasteiger partial charge in [-0.1, -0.05) is 26.8 Å². The van der Waals surface area contributed by atoms with Crippen molar-refractivity contribution in [2.75, 3.05) is 5.32 Å². The Morgan fingerprint density at radius 3 is 2.80 bits per heavy atom. The molecule has 0 saturated carbocycles. The molecule has 0 aliphatic heterocycles. The third kappa shape index (κ3) is 7.51. The minimum absolute atomic E-state index is 0.179. The number of anilines is 1. The van der Waals surface area contributed by atoms with E-state index in [1.165, 1.54) is 6.08 Å². The van der Waals surface area contributed by atoms with E-state index in [1.54, 1.807) is 35.3 Å². The number of aryl methyl sites for hydroxylation is 1. The Balaban J connectivity index is 1.81. The summed E-state index contributed by atoms with van der Waals surface area (Å²) in [6.07, 6.45) is 10.7. The molecular formula is C24H30IN6O3P. The Bertz CT molecular complexity index is 1280. The first-order valence-electron chi connectivity index (χ1n) is 11.4. The van der Waals surface area contributed by atoms with E-state index < -0.39 is 0 Å². The molecule has 35 heavy (non-hydrogen) atoms. The molecule has 0 aliphatic carbocycles. The number of carbonyl (C=O) groups excluding carboxylic acids is 2. The number of aromatic nitrogens is 5. The van der Waals surface area contributed by atoms with E-state index in [-0.39, 0.29) is 35.5 Å². The zero-order valence-corrected chi connectivity index (χ0v) is 23.3. The van der Waals surface area contributed by atoms with Gasteiger partial charge in [0.2, 0.25) is 5.91 Å². The number of nitrogens with zero attached hydrogens (tertiary/aromatic N) is 5. The van der Waals surface area contributed by atoms with Gasteiger partial charge in [0.25, 0.3) is 5.56 Å². The predicted octanol–water partition coefficient (Wildman–Crippen LogP) is 4.67. The van der Waals surface area contributed by atoms with Gasteiger partial charge in [0.1, 0.15) is 29.6 Å². The van der Waals surface area contributed by atoms with Crippen molar-refractivity contribution in [3.63, 3.8) is 0 Å². The number of aldehydes is 1. The van der Waals surface area contributed by atoms with Gasteiger partial charge in [0, 0.05) is 12.6 Å². The highest BCUT2D eigenvalue weighted by Crippen LogP contribution is 2.32. The van der Waals surface area contributed by atoms with E-state index in [1.807, 2.05) is 4.34 Å². The molecule has 9 nitrogen and oxygen atoms in total. The van der Waals surface area contributed by atoms with Gasteiger partial charge >= 0.3 is 0 Å². The minimum atomic E-state index is -0.295. The Kier molecular flexibility index (Phi) is 9.68. The summed E-state index contributed by atoms with van der Waals surface area (Å²) in [5.74, 6) is 0.483. The molecule has 0 bridgehead atoms. The third-order valence-corrected chi connectivity index (χ3v) is 7.47. The summed E-state index contributed by atoms with van der Waals surface area (Å²) in [5.41, 5.74) is 2.57. The van der Waals surface area contributed by atoms with Crippen LogP contribution in [0.5, 0.6) is 0 Å².